The van der Waals surface area contributed by atoms with Crippen molar-refractivity contribution >= 4 is 5.91 Å². The van der Waals surface area contributed by atoms with Crippen LogP contribution in [-0.4, -0.2) is 30.6 Å². The van der Waals surface area contributed by atoms with Gasteiger partial charge in [-0.15, -0.1) is 0 Å². The van der Waals surface area contributed by atoms with Gasteiger partial charge in [-0.1, -0.05) is 48.5 Å². The molecule has 0 saturated heterocycles. The molecule has 1 atom stereocenters. The topological polar surface area (TPSA) is 55.6 Å². The molecular formula is C19H22N2O2. The van der Waals surface area contributed by atoms with Crippen molar-refractivity contribution in [1.82, 2.24) is 4.90 Å². The summed E-state index contributed by atoms with van der Waals surface area (Å²) < 4.78 is 5.26. The molecule has 0 bridgehead atoms. The minimum absolute atomic E-state index is 0.0776. The van der Waals surface area contributed by atoms with E-state index in [4.69, 9.17) is 10.5 Å². The Morgan fingerprint density at radius 1 is 1.09 bits per heavy atom. The van der Waals surface area contributed by atoms with Gasteiger partial charge in [-0.2, -0.15) is 0 Å². The lowest BCUT2D eigenvalue weighted by Crippen LogP contribution is -2.35. The molecule has 0 aromatic heterocycles. The quantitative estimate of drug-likeness (QED) is 0.944. The van der Waals surface area contributed by atoms with Crippen molar-refractivity contribution in [3.05, 3.63) is 59.7 Å². The molecule has 1 aliphatic rings. The van der Waals surface area contributed by atoms with E-state index in [1.807, 2.05) is 29.2 Å². The summed E-state index contributed by atoms with van der Waals surface area (Å²) in [4.78, 5) is 14.6. The van der Waals surface area contributed by atoms with E-state index in [0.29, 0.717) is 26.1 Å². The van der Waals surface area contributed by atoms with Gasteiger partial charge in [-0.3, -0.25) is 4.79 Å². The third-order valence-corrected chi connectivity index (χ3v) is 4.40. The molecule has 1 aliphatic heterocycles. The zero-order chi connectivity index (χ0) is 16.2. The van der Waals surface area contributed by atoms with Gasteiger partial charge in [0.2, 0.25) is 5.91 Å². The zero-order valence-corrected chi connectivity index (χ0v) is 13.4. The lowest BCUT2D eigenvalue weighted by molar-refractivity contribution is -0.134. The van der Waals surface area contributed by atoms with Crippen LogP contribution in [0.25, 0.3) is 11.1 Å². The molecule has 23 heavy (non-hydrogen) atoms. The van der Waals surface area contributed by atoms with Crippen LogP contribution in [0.5, 0.6) is 0 Å². The predicted molar refractivity (Wildman–Crippen MR) is 90.6 cm³/mol. The molecule has 4 nitrogen and oxygen atoms in total. The van der Waals surface area contributed by atoms with E-state index < -0.39 is 0 Å². The molecule has 0 radical (unpaired) electrons. The van der Waals surface area contributed by atoms with E-state index in [2.05, 4.69) is 24.3 Å². The fourth-order valence-electron chi connectivity index (χ4n) is 3.07. The molecule has 2 aromatic rings. The molecule has 120 valence electrons. The Hall–Kier alpha value is -2.17. The van der Waals surface area contributed by atoms with E-state index >= 15 is 0 Å². The second kappa shape index (κ2) is 6.94. The van der Waals surface area contributed by atoms with Crippen molar-refractivity contribution < 1.29 is 9.53 Å². The summed E-state index contributed by atoms with van der Waals surface area (Å²) in [7, 11) is 1.60. The van der Waals surface area contributed by atoms with Crippen LogP contribution in [-0.2, 0) is 22.6 Å². The van der Waals surface area contributed by atoms with Gasteiger partial charge in [0.05, 0.1) is 12.5 Å². The average Bonchev–Trinajstić information content (AvgIpc) is 2.76. The summed E-state index contributed by atoms with van der Waals surface area (Å²) in [6, 6.07) is 16.6. The first-order valence-electron chi connectivity index (χ1n) is 7.89. The van der Waals surface area contributed by atoms with Gasteiger partial charge >= 0.3 is 0 Å². The lowest BCUT2D eigenvalue weighted by Gasteiger charge is -2.23. The molecule has 1 heterocycles. The van der Waals surface area contributed by atoms with E-state index in [9.17, 15) is 4.79 Å². The third kappa shape index (κ3) is 3.28. The summed E-state index contributed by atoms with van der Waals surface area (Å²) in [6.07, 6.45) is 0.0911. The molecule has 0 spiro atoms. The number of fused-ring (bicyclic) bond motifs is 3. The molecular weight excluding hydrogens is 288 g/mol. The molecule has 4 heteroatoms. The highest BCUT2D eigenvalue weighted by molar-refractivity contribution is 5.79. The predicted octanol–water partition coefficient (Wildman–Crippen LogP) is 2.56. The number of nitrogens with zero attached hydrogens (tertiary/aromatic N) is 1. The average molecular weight is 310 g/mol. The molecule has 1 unspecified atom stereocenters. The Bertz CT molecular complexity index is 648. The lowest BCUT2D eigenvalue weighted by atomic mass is 9.97. The number of rotatable bonds is 4. The van der Waals surface area contributed by atoms with Crippen molar-refractivity contribution in [2.45, 2.75) is 25.6 Å². The highest BCUT2D eigenvalue weighted by Gasteiger charge is 2.24. The SMILES string of the molecule is COC(CN)CC(=O)N1Cc2ccccc2-c2ccccc2C1. The third-order valence-electron chi connectivity index (χ3n) is 4.40. The maximum absolute atomic E-state index is 12.7. The largest absolute Gasteiger partial charge is 0.380 e. The fourth-order valence-corrected chi connectivity index (χ4v) is 3.07. The minimum Gasteiger partial charge on any atom is -0.380 e. The van der Waals surface area contributed by atoms with Gasteiger partial charge in [0.15, 0.2) is 0 Å². The monoisotopic (exact) mass is 310 g/mol. The second-order valence-electron chi connectivity index (χ2n) is 5.86. The number of methoxy groups -OCH3 is 1. The van der Waals surface area contributed by atoms with E-state index in [-0.39, 0.29) is 12.0 Å². The maximum atomic E-state index is 12.7. The maximum Gasteiger partial charge on any atom is 0.225 e. The van der Waals surface area contributed by atoms with E-state index in [0.717, 1.165) is 0 Å². The number of carbonyl (C=O) groups excluding carboxylic acids is 1. The Morgan fingerprint density at radius 2 is 1.61 bits per heavy atom. The Kier molecular flexibility index (Phi) is 4.74. The van der Waals surface area contributed by atoms with Gasteiger partial charge in [-0.05, 0) is 22.3 Å². The zero-order valence-electron chi connectivity index (χ0n) is 13.4. The fraction of sp³-hybridized carbons (Fsp3) is 0.316. The Morgan fingerprint density at radius 3 is 2.09 bits per heavy atom. The van der Waals surface area contributed by atoms with E-state index in [1.165, 1.54) is 22.3 Å². The molecule has 3 rings (SSSR count). The highest BCUT2D eigenvalue weighted by Crippen LogP contribution is 2.32. The number of benzene rings is 2. The molecule has 0 fully saturated rings. The van der Waals surface area contributed by atoms with Gasteiger partial charge in [0.25, 0.3) is 0 Å². The van der Waals surface area contributed by atoms with Gasteiger partial charge in [0.1, 0.15) is 0 Å². The number of carbonyl (C=O) groups is 1. The van der Waals surface area contributed by atoms with Crippen LogP contribution in [0, 0.1) is 0 Å². The standard InChI is InChI=1S/C19H22N2O2/c1-23-16(11-20)10-19(22)21-12-14-6-2-4-8-17(14)18-9-5-3-7-15(18)13-21/h2-9,16H,10-13,20H2,1H3. The van der Waals surface area contributed by atoms with Crippen LogP contribution in [0.1, 0.15) is 17.5 Å². The smallest absolute Gasteiger partial charge is 0.225 e. The van der Waals surface area contributed by atoms with Crippen LogP contribution in [0.3, 0.4) is 0 Å². The van der Waals surface area contributed by atoms with Crippen LogP contribution in [0.4, 0.5) is 0 Å². The molecule has 0 saturated carbocycles. The summed E-state index contributed by atoms with van der Waals surface area (Å²) in [5.74, 6) is 0.0776. The number of nitrogens with two attached hydrogens (primary N) is 1. The normalized spacial score (nSPS) is 14.6. The molecule has 2 aromatic carbocycles. The molecule has 2 N–H and O–H groups in total. The van der Waals surface area contributed by atoms with Crippen LogP contribution >= 0.6 is 0 Å². The van der Waals surface area contributed by atoms with E-state index in [1.54, 1.807) is 7.11 Å². The summed E-state index contributed by atoms with van der Waals surface area (Å²) in [5.41, 5.74) is 10.4. The van der Waals surface area contributed by atoms with Crippen LogP contribution < -0.4 is 5.73 Å². The molecule has 0 aliphatic carbocycles. The highest BCUT2D eigenvalue weighted by atomic mass is 16.5. The van der Waals surface area contributed by atoms with Crippen molar-refractivity contribution in [1.29, 1.82) is 0 Å². The number of hydrogen-bond donors (Lipinski definition) is 1. The first-order chi connectivity index (χ1) is 11.2. The van der Waals surface area contributed by atoms with Crippen molar-refractivity contribution in [3.8, 4) is 11.1 Å². The molecule has 1 amide bonds. The van der Waals surface area contributed by atoms with Crippen molar-refractivity contribution in [2.75, 3.05) is 13.7 Å². The van der Waals surface area contributed by atoms with Gasteiger partial charge in [0, 0.05) is 26.7 Å². The van der Waals surface area contributed by atoms with Crippen molar-refractivity contribution in [3.63, 3.8) is 0 Å². The second-order valence-corrected chi connectivity index (χ2v) is 5.86. The number of hydrogen-bond acceptors (Lipinski definition) is 3. The van der Waals surface area contributed by atoms with Crippen LogP contribution in [0.2, 0.25) is 0 Å². The first kappa shape index (κ1) is 15.7. The summed E-state index contributed by atoms with van der Waals surface area (Å²) in [6.45, 7) is 1.58. The van der Waals surface area contributed by atoms with Crippen LogP contribution in [0.15, 0.2) is 48.5 Å². The summed E-state index contributed by atoms with van der Waals surface area (Å²) in [5, 5.41) is 0. The Balaban J connectivity index is 1.93. The summed E-state index contributed by atoms with van der Waals surface area (Å²) >= 11 is 0. The number of amides is 1. The Labute approximate surface area is 136 Å². The number of ether oxygens (including phenoxy) is 1. The van der Waals surface area contributed by atoms with Gasteiger partial charge in [-0.25, -0.2) is 0 Å². The minimum atomic E-state index is -0.226. The van der Waals surface area contributed by atoms with Gasteiger partial charge < -0.3 is 15.4 Å². The first-order valence-corrected chi connectivity index (χ1v) is 7.89. The van der Waals surface area contributed by atoms with Crippen molar-refractivity contribution in [2.24, 2.45) is 5.73 Å².